The van der Waals surface area contributed by atoms with E-state index in [1.807, 2.05) is 6.20 Å². The molecule has 122 valence electrons. The van der Waals surface area contributed by atoms with Crippen LogP contribution in [0.1, 0.15) is 44.6 Å². The van der Waals surface area contributed by atoms with Gasteiger partial charge < -0.3 is 5.32 Å². The second kappa shape index (κ2) is 7.21. The average Bonchev–Trinajstić information content (AvgIpc) is 2.92. The van der Waals surface area contributed by atoms with Crippen molar-refractivity contribution in [2.75, 3.05) is 6.54 Å². The lowest BCUT2D eigenvalue weighted by Gasteiger charge is -2.14. The van der Waals surface area contributed by atoms with Gasteiger partial charge >= 0.3 is 0 Å². The van der Waals surface area contributed by atoms with Crippen LogP contribution in [0.4, 0.5) is 0 Å². The first-order valence-electron chi connectivity index (χ1n) is 8.23. The van der Waals surface area contributed by atoms with Gasteiger partial charge in [-0.1, -0.05) is 44.2 Å². The van der Waals surface area contributed by atoms with Crippen LogP contribution in [0.25, 0.3) is 5.69 Å². The molecule has 1 aliphatic rings. The second-order valence-corrected chi connectivity index (χ2v) is 7.39. The SMILES string of the molecule is CC(C)c1ccc(-n2ccnc2S[C@H]2CCCCNC2=O)cc1. The molecule has 0 radical (unpaired) electrons. The molecule has 1 saturated heterocycles. The Morgan fingerprint density at radius 1 is 1.26 bits per heavy atom. The Morgan fingerprint density at radius 3 is 2.78 bits per heavy atom. The third-order valence-electron chi connectivity index (χ3n) is 4.18. The van der Waals surface area contributed by atoms with Gasteiger partial charge in [0.2, 0.25) is 5.91 Å². The minimum Gasteiger partial charge on any atom is -0.355 e. The third kappa shape index (κ3) is 3.78. The molecule has 0 aliphatic carbocycles. The molecule has 1 fully saturated rings. The van der Waals surface area contributed by atoms with E-state index in [-0.39, 0.29) is 11.2 Å². The molecule has 1 aliphatic heterocycles. The summed E-state index contributed by atoms with van der Waals surface area (Å²) >= 11 is 1.56. The van der Waals surface area contributed by atoms with E-state index in [1.54, 1.807) is 18.0 Å². The molecule has 1 N–H and O–H groups in total. The largest absolute Gasteiger partial charge is 0.355 e. The summed E-state index contributed by atoms with van der Waals surface area (Å²) in [4.78, 5) is 16.6. The van der Waals surface area contributed by atoms with Crippen LogP contribution in [-0.4, -0.2) is 27.3 Å². The molecule has 1 aromatic carbocycles. The van der Waals surface area contributed by atoms with Crippen LogP contribution >= 0.6 is 11.8 Å². The van der Waals surface area contributed by atoms with E-state index in [1.165, 1.54) is 5.56 Å². The van der Waals surface area contributed by atoms with Crippen LogP contribution in [0, 0.1) is 0 Å². The van der Waals surface area contributed by atoms with Crippen molar-refractivity contribution >= 4 is 17.7 Å². The first kappa shape index (κ1) is 16.1. The molecule has 3 rings (SSSR count). The minimum absolute atomic E-state index is 0.0476. The van der Waals surface area contributed by atoms with E-state index < -0.39 is 0 Å². The molecule has 0 spiro atoms. The summed E-state index contributed by atoms with van der Waals surface area (Å²) in [7, 11) is 0. The number of nitrogens with zero attached hydrogens (tertiary/aromatic N) is 2. The third-order valence-corrected chi connectivity index (χ3v) is 5.42. The monoisotopic (exact) mass is 329 g/mol. The lowest BCUT2D eigenvalue weighted by atomic mass is 10.0. The Labute approximate surface area is 141 Å². The van der Waals surface area contributed by atoms with Gasteiger partial charge in [0.25, 0.3) is 0 Å². The second-order valence-electron chi connectivity index (χ2n) is 6.22. The van der Waals surface area contributed by atoms with Crippen LogP contribution in [-0.2, 0) is 4.79 Å². The maximum absolute atomic E-state index is 12.1. The molecule has 0 saturated carbocycles. The molecule has 4 nitrogen and oxygen atoms in total. The Kier molecular flexibility index (Phi) is 5.06. The van der Waals surface area contributed by atoms with E-state index in [2.05, 4.69) is 53.0 Å². The predicted molar refractivity (Wildman–Crippen MR) is 94.2 cm³/mol. The van der Waals surface area contributed by atoms with E-state index in [0.29, 0.717) is 5.92 Å². The van der Waals surface area contributed by atoms with Gasteiger partial charge in [-0.2, -0.15) is 0 Å². The number of hydrogen-bond acceptors (Lipinski definition) is 3. The van der Waals surface area contributed by atoms with Crippen LogP contribution in [0.2, 0.25) is 0 Å². The fourth-order valence-electron chi connectivity index (χ4n) is 2.74. The van der Waals surface area contributed by atoms with Crippen molar-refractivity contribution in [3.05, 3.63) is 42.2 Å². The number of imidazole rings is 1. The molecule has 23 heavy (non-hydrogen) atoms. The first-order chi connectivity index (χ1) is 11.1. The Hall–Kier alpha value is -1.75. The molecule has 2 heterocycles. The number of thioether (sulfide) groups is 1. The van der Waals surface area contributed by atoms with Gasteiger partial charge in [-0.3, -0.25) is 9.36 Å². The fourth-order valence-corrected chi connectivity index (χ4v) is 3.88. The molecule has 1 atom stereocenters. The lowest BCUT2D eigenvalue weighted by molar-refractivity contribution is -0.120. The maximum atomic E-state index is 12.1. The Morgan fingerprint density at radius 2 is 2.04 bits per heavy atom. The van der Waals surface area contributed by atoms with Crippen molar-refractivity contribution in [3.63, 3.8) is 0 Å². The molecule has 5 heteroatoms. The van der Waals surface area contributed by atoms with Gasteiger partial charge in [0.15, 0.2) is 5.16 Å². The van der Waals surface area contributed by atoms with Crippen LogP contribution in [0.3, 0.4) is 0 Å². The smallest absolute Gasteiger partial charge is 0.233 e. The Balaban J connectivity index is 1.80. The van der Waals surface area contributed by atoms with E-state index >= 15 is 0 Å². The zero-order valence-corrected chi connectivity index (χ0v) is 14.5. The Bertz CT molecular complexity index is 663. The van der Waals surface area contributed by atoms with Gasteiger partial charge in [0.05, 0.1) is 5.25 Å². The summed E-state index contributed by atoms with van der Waals surface area (Å²) in [6.07, 6.45) is 6.82. The van der Waals surface area contributed by atoms with Gasteiger partial charge in [0, 0.05) is 24.6 Å². The standard InChI is InChI=1S/C18H23N3OS/c1-13(2)14-6-8-15(9-7-14)21-12-11-20-18(21)23-16-5-3-4-10-19-17(16)22/h6-9,11-13,16H,3-5,10H2,1-2H3,(H,19,22)/t16-/m0/s1. The van der Waals surface area contributed by atoms with E-state index in [9.17, 15) is 4.79 Å². The highest BCUT2D eigenvalue weighted by atomic mass is 32.2. The van der Waals surface area contributed by atoms with E-state index in [0.717, 1.165) is 36.7 Å². The number of carbonyl (C=O) groups is 1. The molecule has 2 aromatic rings. The molecule has 1 aromatic heterocycles. The van der Waals surface area contributed by atoms with Crippen molar-refractivity contribution in [2.24, 2.45) is 0 Å². The minimum atomic E-state index is -0.0476. The molecule has 0 bridgehead atoms. The summed E-state index contributed by atoms with van der Waals surface area (Å²) in [5, 5.41) is 3.82. The quantitative estimate of drug-likeness (QED) is 0.929. The van der Waals surface area contributed by atoms with Gasteiger partial charge in [-0.25, -0.2) is 4.98 Å². The van der Waals surface area contributed by atoms with Crippen molar-refractivity contribution < 1.29 is 4.79 Å². The number of nitrogens with one attached hydrogen (secondary N) is 1. The number of rotatable bonds is 4. The van der Waals surface area contributed by atoms with E-state index in [4.69, 9.17) is 0 Å². The zero-order chi connectivity index (χ0) is 16.2. The maximum Gasteiger partial charge on any atom is 0.233 e. The summed E-state index contributed by atoms with van der Waals surface area (Å²) in [5.41, 5.74) is 2.41. The molecular formula is C18H23N3OS. The van der Waals surface area contributed by atoms with Gasteiger partial charge in [0.1, 0.15) is 0 Å². The fraction of sp³-hybridized carbons (Fsp3) is 0.444. The zero-order valence-electron chi connectivity index (χ0n) is 13.7. The number of benzene rings is 1. The molecule has 1 amide bonds. The molecular weight excluding hydrogens is 306 g/mol. The average molecular weight is 329 g/mol. The number of amides is 1. The first-order valence-corrected chi connectivity index (χ1v) is 9.11. The number of hydrogen-bond donors (Lipinski definition) is 1. The number of carbonyl (C=O) groups excluding carboxylic acids is 1. The van der Waals surface area contributed by atoms with Crippen LogP contribution in [0.5, 0.6) is 0 Å². The normalized spacial score (nSPS) is 18.7. The van der Waals surface area contributed by atoms with Gasteiger partial charge in [-0.05, 0) is 36.5 Å². The van der Waals surface area contributed by atoms with Crippen LogP contribution < -0.4 is 5.32 Å². The predicted octanol–water partition coefficient (Wildman–Crippen LogP) is 3.76. The summed E-state index contributed by atoms with van der Waals surface area (Å²) in [6, 6.07) is 8.56. The highest BCUT2D eigenvalue weighted by molar-refractivity contribution is 8.00. The number of aromatic nitrogens is 2. The van der Waals surface area contributed by atoms with Crippen molar-refractivity contribution in [3.8, 4) is 5.69 Å². The van der Waals surface area contributed by atoms with Gasteiger partial charge in [-0.15, -0.1) is 0 Å². The summed E-state index contributed by atoms with van der Waals surface area (Å²) in [6.45, 7) is 5.18. The highest BCUT2D eigenvalue weighted by Crippen LogP contribution is 2.29. The molecule has 0 unspecified atom stereocenters. The summed E-state index contributed by atoms with van der Waals surface area (Å²) in [5.74, 6) is 0.660. The highest BCUT2D eigenvalue weighted by Gasteiger charge is 2.23. The summed E-state index contributed by atoms with van der Waals surface area (Å²) < 4.78 is 2.06. The van der Waals surface area contributed by atoms with Crippen LogP contribution in [0.15, 0.2) is 41.8 Å². The lowest BCUT2D eigenvalue weighted by Crippen LogP contribution is -2.30. The van der Waals surface area contributed by atoms with Crippen molar-refractivity contribution in [1.29, 1.82) is 0 Å². The topological polar surface area (TPSA) is 46.9 Å². The van der Waals surface area contributed by atoms with Crippen molar-refractivity contribution in [1.82, 2.24) is 14.9 Å². The van der Waals surface area contributed by atoms with Crippen molar-refractivity contribution in [2.45, 2.75) is 49.4 Å².